The zero-order valence-electron chi connectivity index (χ0n) is 10.8. The van der Waals surface area contributed by atoms with Gasteiger partial charge >= 0.3 is 0 Å². The van der Waals surface area contributed by atoms with E-state index in [4.69, 9.17) is 4.74 Å². The van der Waals surface area contributed by atoms with Crippen molar-refractivity contribution in [3.63, 3.8) is 0 Å². The molecule has 1 heterocycles. The Labute approximate surface area is 125 Å². The van der Waals surface area contributed by atoms with Gasteiger partial charge in [-0.05, 0) is 52.0 Å². The maximum Gasteiger partial charge on any atom is 0.172 e. The molecule has 19 heavy (non-hydrogen) atoms. The van der Waals surface area contributed by atoms with Gasteiger partial charge in [-0.15, -0.1) is 11.3 Å². The number of methoxy groups -OCH3 is 1. The largest absolute Gasteiger partial charge is 0.503 e. The summed E-state index contributed by atoms with van der Waals surface area (Å²) in [5.74, 6) is 0.618. The second-order valence-electron chi connectivity index (χ2n) is 4.25. The molecule has 0 fully saturated rings. The summed E-state index contributed by atoms with van der Waals surface area (Å²) < 4.78 is 5.79. The summed E-state index contributed by atoms with van der Waals surface area (Å²) in [4.78, 5) is 1.31. The number of rotatable bonds is 5. The van der Waals surface area contributed by atoms with Gasteiger partial charge in [0.2, 0.25) is 0 Å². The number of nitrogens with one attached hydrogen (secondary N) is 1. The quantitative estimate of drug-likeness (QED) is 0.860. The van der Waals surface area contributed by atoms with Crippen LogP contribution in [-0.4, -0.2) is 12.2 Å². The highest BCUT2D eigenvalue weighted by molar-refractivity contribution is 9.10. The summed E-state index contributed by atoms with van der Waals surface area (Å²) in [6.07, 6.45) is 0. The summed E-state index contributed by atoms with van der Waals surface area (Å²) in [5, 5.41) is 15.3. The van der Waals surface area contributed by atoms with Crippen LogP contribution in [0.4, 0.5) is 0 Å². The highest BCUT2D eigenvalue weighted by atomic mass is 79.9. The van der Waals surface area contributed by atoms with Crippen molar-refractivity contribution in [1.29, 1.82) is 0 Å². The lowest BCUT2D eigenvalue weighted by Crippen LogP contribution is -2.17. The average molecular weight is 342 g/mol. The van der Waals surface area contributed by atoms with E-state index in [0.29, 0.717) is 22.8 Å². The van der Waals surface area contributed by atoms with Gasteiger partial charge in [0.1, 0.15) is 0 Å². The number of hydrogen-bond acceptors (Lipinski definition) is 4. The van der Waals surface area contributed by atoms with Gasteiger partial charge in [0, 0.05) is 17.5 Å². The highest BCUT2D eigenvalue weighted by Gasteiger charge is 2.10. The molecule has 0 amide bonds. The number of ether oxygens (including phenoxy) is 1. The van der Waals surface area contributed by atoms with Crippen molar-refractivity contribution in [3.8, 4) is 11.5 Å². The first-order chi connectivity index (χ1) is 9.11. The fourth-order valence-corrected chi connectivity index (χ4v) is 3.04. The SMILES string of the molecule is COc1cc(CN[C@@H](C)c2cccs2)cc(Br)c1O. The minimum Gasteiger partial charge on any atom is -0.503 e. The third kappa shape index (κ3) is 3.49. The van der Waals surface area contributed by atoms with Gasteiger partial charge in [0.05, 0.1) is 11.6 Å². The minimum atomic E-state index is 0.137. The van der Waals surface area contributed by atoms with Crippen LogP contribution in [0.5, 0.6) is 11.5 Å². The molecule has 0 unspecified atom stereocenters. The van der Waals surface area contributed by atoms with Gasteiger partial charge in [-0.1, -0.05) is 6.07 Å². The van der Waals surface area contributed by atoms with E-state index in [1.165, 1.54) is 4.88 Å². The van der Waals surface area contributed by atoms with Crippen LogP contribution in [0.1, 0.15) is 23.4 Å². The van der Waals surface area contributed by atoms with Crippen LogP contribution in [0, 0.1) is 0 Å². The van der Waals surface area contributed by atoms with Gasteiger partial charge < -0.3 is 15.2 Å². The van der Waals surface area contributed by atoms with Crippen LogP contribution < -0.4 is 10.1 Å². The smallest absolute Gasteiger partial charge is 0.172 e. The first-order valence-electron chi connectivity index (χ1n) is 5.94. The Bertz CT molecular complexity index is 543. The van der Waals surface area contributed by atoms with E-state index >= 15 is 0 Å². The third-order valence-corrected chi connectivity index (χ3v) is 4.55. The summed E-state index contributed by atoms with van der Waals surface area (Å²) in [7, 11) is 1.55. The first kappa shape index (κ1) is 14.4. The standard InChI is InChI=1S/C14H16BrNO2S/c1-9(13-4-3-5-19-13)16-8-10-6-11(15)14(17)12(7-10)18-2/h3-7,9,16-17H,8H2,1-2H3/t9-/m0/s1. The number of thiophene rings is 1. The van der Waals surface area contributed by atoms with Crippen molar-refractivity contribution < 1.29 is 9.84 Å². The van der Waals surface area contributed by atoms with Gasteiger partial charge in [0.15, 0.2) is 11.5 Å². The molecule has 0 aliphatic heterocycles. The van der Waals surface area contributed by atoms with Crippen LogP contribution in [-0.2, 0) is 6.54 Å². The number of hydrogen-bond donors (Lipinski definition) is 2. The highest BCUT2D eigenvalue weighted by Crippen LogP contribution is 2.35. The summed E-state index contributed by atoms with van der Waals surface area (Å²) >= 11 is 5.07. The van der Waals surface area contributed by atoms with Crippen LogP contribution in [0.15, 0.2) is 34.1 Å². The predicted molar refractivity (Wildman–Crippen MR) is 81.9 cm³/mol. The topological polar surface area (TPSA) is 41.5 Å². The van der Waals surface area contributed by atoms with Crippen molar-refractivity contribution in [2.75, 3.05) is 7.11 Å². The van der Waals surface area contributed by atoms with Crippen LogP contribution in [0.3, 0.4) is 0 Å². The van der Waals surface area contributed by atoms with E-state index in [1.54, 1.807) is 18.4 Å². The Morgan fingerprint density at radius 1 is 1.47 bits per heavy atom. The normalized spacial score (nSPS) is 12.4. The molecule has 0 saturated heterocycles. The van der Waals surface area contributed by atoms with Gasteiger partial charge in [-0.3, -0.25) is 0 Å². The second kappa shape index (κ2) is 6.41. The Hall–Kier alpha value is -1.04. The van der Waals surface area contributed by atoms with E-state index in [9.17, 15) is 5.11 Å². The molecule has 1 aromatic heterocycles. The molecule has 0 aliphatic carbocycles. The van der Waals surface area contributed by atoms with E-state index in [1.807, 2.05) is 12.1 Å². The lowest BCUT2D eigenvalue weighted by molar-refractivity contribution is 0.371. The molecular weight excluding hydrogens is 326 g/mol. The van der Waals surface area contributed by atoms with Gasteiger partial charge in [-0.25, -0.2) is 0 Å². The fraction of sp³-hybridized carbons (Fsp3) is 0.286. The van der Waals surface area contributed by atoms with Crippen molar-refractivity contribution in [3.05, 3.63) is 44.6 Å². The maximum absolute atomic E-state index is 9.76. The summed E-state index contributed by atoms with van der Waals surface area (Å²) in [6, 6.07) is 8.22. The molecule has 2 aromatic rings. The van der Waals surface area contributed by atoms with Crippen molar-refractivity contribution >= 4 is 27.3 Å². The third-order valence-electron chi connectivity index (χ3n) is 2.89. The average Bonchev–Trinajstić information content (AvgIpc) is 2.93. The molecule has 102 valence electrons. The molecule has 2 rings (SSSR count). The Morgan fingerprint density at radius 2 is 2.26 bits per heavy atom. The number of aromatic hydroxyl groups is 1. The molecule has 0 aliphatic rings. The van der Waals surface area contributed by atoms with E-state index in [0.717, 1.165) is 5.56 Å². The zero-order valence-corrected chi connectivity index (χ0v) is 13.2. The Kier molecular flexibility index (Phi) is 4.85. The fourth-order valence-electron chi connectivity index (χ4n) is 1.79. The van der Waals surface area contributed by atoms with Gasteiger partial charge in [0.25, 0.3) is 0 Å². The molecular formula is C14H16BrNO2S. The maximum atomic E-state index is 9.76. The lowest BCUT2D eigenvalue weighted by atomic mass is 10.2. The van der Waals surface area contributed by atoms with E-state index < -0.39 is 0 Å². The predicted octanol–water partition coefficient (Wildman–Crippen LogP) is 4.08. The van der Waals surface area contributed by atoms with E-state index in [-0.39, 0.29) is 5.75 Å². The van der Waals surface area contributed by atoms with Crippen molar-refractivity contribution in [1.82, 2.24) is 5.32 Å². The van der Waals surface area contributed by atoms with Gasteiger partial charge in [-0.2, -0.15) is 0 Å². The Balaban J connectivity index is 2.05. The van der Waals surface area contributed by atoms with Crippen LogP contribution in [0.25, 0.3) is 0 Å². The molecule has 0 radical (unpaired) electrons. The lowest BCUT2D eigenvalue weighted by Gasteiger charge is -2.14. The molecule has 0 spiro atoms. The van der Waals surface area contributed by atoms with E-state index in [2.05, 4.69) is 45.7 Å². The molecule has 0 saturated carbocycles. The van der Waals surface area contributed by atoms with Crippen molar-refractivity contribution in [2.45, 2.75) is 19.5 Å². The molecule has 3 nitrogen and oxygen atoms in total. The first-order valence-corrected chi connectivity index (χ1v) is 7.61. The van der Waals surface area contributed by atoms with Crippen molar-refractivity contribution in [2.24, 2.45) is 0 Å². The monoisotopic (exact) mass is 341 g/mol. The zero-order chi connectivity index (χ0) is 13.8. The molecule has 0 bridgehead atoms. The minimum absolute atomic E-state index is 0.137. The summed E-state index contributed by atoms with van der Waals surface area (Å²) in [6.45, 7) is 2.85. The molecule has 5 heteroatoms. The van der Waals surface area contributed by atoms with Crippen LogP contribution in [0.2, 0.25) is 0 Å². The molecule has 1 aromatic carbocycles. The number of phenolic OH excluding ortho intramolecular Hbond substituents is 1. The molecule has 2 N–H and O–H groups in total. The second-order valence-corrected chi connectivity index (χ2v) is 6.08. The summed E-state index contributed by atoms with van der Waals surface area (Å²) in [5.41, 5.74) is 1.06. The number of phenols is 1. The number of benzene rings is 1. The Morgan fingerprint density at radius 3 is 2.89 bits per heavy atom. The molecule has 1 atom stereocenters. The van der Waals surface area contributed by atoms with Crippen LogP contribution >= 0.6 is 27.3 Å². The number of halogens is 1.